The van der Waals surface area contributed by atoms with Crippen LogP contribution < -0.4 is 14.4 Å². The third kappa shape index (κ3) is 4.75. The number of hydrogen-bond acceptors (Lipinski definition) is 6. The molecule has 0 bridgehead atoms. The van der Waals surface area contributed by atoms with Gasteiger partial charge in [0.25, 0.3) is 15.9 Å². The van der Waals surface area contributed by atoms with E-state index in [0.717, 1.165) is 24.0 Å². The van der Waals surface area contributed by atoms with E-state index in [1.54, 1.807) is 31.1 Å². The SMILES string of the molecule is Cc1ccc(C2CCCCC2)c(OC2(C(=O)NS(=O)(=O)c3cccc(N(C)C)n3)CC2)c1. The molecule has 1 aromatic heterocycles. The van der Waals surface area contributed by atoms with Gasteiger partial charge in [-0.1, -0.05) is 37.5 Å². The van der Waals surface area contributed by atoms with E-state index in [9.17, 15) is 13.2 Å². The van der Waals surface area contributed by atoms with Crippen molar-refractivity contribution in [3.63, 3.8) is 0 Å². The van der Waals surface area contributed by atoms with Crippen molar-refractivity contribution in [1.29, 1.82) is 0 Å². The van der Waals surface area contributed by atoms with Gasteiger partial charge in [-0.2, -0.15) is 8.42 Å². The van der Waals surface area contributed by atoms with Gasteiger partial charge in [0.15, 0.2) is 10.6 Å². The summed E-state index contributed by atoms with van der Waals surface area (Å²) in [6, 6.07) is 10.8. The highest BCUT2D eigenvalue weighted by molar-refractivity contribution is 7.90. The Morgan fingerprint density at radius 1 is 1.12 bits per heavy atom. The molecule has 0 aliphatic heterocycles. The minimum Gasteiger partial charge on any atom is -0.477 e. The van der Waals surface area contributed by atoms with Crippen LogP contribution in [0.3, 0.4) is 0 Å². The Morgan fingerprint density at radius 2 is 1.84 bits per heavy atom. The minimum absolute atomic E-state index is 0.189. The lowest BCUT2D eigenvalue weighted by Crippen LogP contribution is -2.43. The van der Waals surface area contributed by atoms with E-state index in [1.807, 2.05) is 13.0 Å². The number of sulfonamides is 1. The molecule has 0 unspecified atom stereocenters. The number of ether oxygens (including phenoxy) is 1. The molecule has 2 aromatic rings. The molecule has 2 saturated carbocycles. The van der Waals surface area contributed by atoms with Gasteiger partial charge in [0.05, 0.1) is 0 Å². The highest BCUT2D eigenvalue weighted by Gasteiger charge is 2.54. The van der Waals surface area contributed by atoms with E-state index in [1.165, 1.54) is 25.3 Å². The Bertz CT molecular complexity index is 1100. The second-order valence-corrected chi connectivity index (χ2v) is 10.8. The fraction of sp³-hybridized carbons (Fsp3) is 0.500. The van der Waals surface area contributed by atoms with E-state index in [2.05, 4.69) is 21.8 Å². The van der Waals surface area contributed by atoms with Crippen molar-refractivity contribution >= 4 is 21.7 Å². The van der Waals surface area contributed by atoms with Gasteiger partial charge in [-0.15, -0.1) is 0 Å². The number of pyridine rings is 1. The van der Waals surface area contributed by atoms with Crippen LogP contribution in [0.1, 0.15) is 62.0 Å². The van der Waals surface area contributed by atoms with Crippen molar-refractivity contribution in [2.45, 2.75) is 68.4 Å². The predicted molar refractivity (Wildman–Crippen MR) is 123 cm³/mol. The first-order valence-electron chi connectivity index (χ1n) is 11.2. The van der Waals surface area contributed by atoms with E-state index in [0.29, 0.717) is 30.3 Å². The topological polar surface area (TPSA) is 88.6 Å². The molecule has 0 saturated heterocycles. The molecule has 32 heavy (non-hydrogen) atoms. The molecule has 0 spiro atoms. The van der Waals surface area contributed by atoms with Gasteiger partial charge in [0.2, 0.25) is 0 Å². The zero-order valence-electron chi connectivity index (χ0n) is 18.9. The van der Waals surface area contributed by atoms with E-state index < -0.39 is 21.5 Å². The van der Waals surface area contributed by atoms with Crippen molar-refractivity contribution < 1.29 is 17.9 Å². The first kappa shape index (κ1) is 22.6. The van der Waals surface area contributed by atoms with Gasteiger partial charge in [-0.05, 0) is 55.0 Å². The van der Waals surface area contributed by atoms with E-state index in [4.69, 9.17) is 4.74 Å². The fourth-order valence-corrected chi connectivity index (χ4v) is 5.26. The summed E-state index contributed by atoms with van der Waals surface area (Å²) < 4.78 is 34.2. The molecule has 4 rings (SSSR count). The average Bonchev–Trinajstić information content (AvgIpc) is 3.55. The quantitative estimate of drug-likeness (QED) is 0.678. The lowest BCUT2D eigenvalue weighted by atomic mass is 9.83. The van der Waals surface area contributed by atoms with Crippen LogP contribution in [0.5, 0.6) is 5.75 Å². The largest absolute Gasteiger partial charge is 0.477 e. The monoisotopic (exact) mass is 457 g/mol. The third-order valence-electron chi connectivity index (χ3n) is 6.31. The number of rotatable bonds is 7. The Kier molecular flexibility index (Phi) is 6.16. The molecule has 1 amide bonds. The van der Waals surface area contributed by atoms with E-state index >= 15 is 0 Å². The molecular formula is C24H31N3O4S. The summed E-state index contributed by atoms with van der Waals surface area (Å²) in [5, 5.41) is -0.189. The second kappa shape index (κ2) is 8.73. The molecule has 1 heterocycles. The molecule has 7 nitrogen and oxygen atoms in total. The number of aromatic nitrogens is 1. The number of anilines is 1. The van der Waals surface area contributed by atoms with Gasteiger partial charge in [-0.3, -0.25) is 4.79 Å². The number of carbonyl (C=O) groups excluding carboxylic acids is 1. The third-order valence-corrected chi connectivity index (χ3v) is 7.54. The maximum Gasteiger partial charge on any atom is 0.281 e. The normalized spacial score (nSPS) is 18.1. The molecule has 0 atom stereocenters. The highest BCUT2D eigenvalue weighted by atomic mass is 32.2. The lowest BCUT2D eigenvalue weighted by Gasteiger charge is -2.26. The van der Waals surface area contributed by atoms with Gasteiger partial charge in [0.1, 0.15) is 11.6 Å². The Hall–Kier alpha value is -2.61. The maximum atomic E-state index is 13.1. The summed E-state index contributed by atoms with van der Waals surface area (Å²) in [4.78, 5) is 18.9. The number of nitrogens with zero attached hydrogens (tertiary/aromatic N) is 2. The van der Waals surface area contributed by atoms with Crippen LogP contribution in [0.2, 0.25) is 0 Å². The Morgan fingerprint density at radius 3 is 2.50 bits per heavy atom. The molecule has 1 aromatic carbocycles. The van der Waals surface area contributed by atoms with Crippen LogP contribution in [0.15, 0.2) is 41.4 Å². The van der Waals surface area contributed by atoms with Crippen LogP contribution >= 0.6 is 0 Å². The molecule has 2 aliphatic rings. The van der Waals surface area contributed by atoms with Crippen LogP contribution in [-0.2, 0) is 14.8 Å². The standard InChI is InChI=1S/C24H31N3O4S/c1-17-12-13-19(18-8-5-4-6-9-18)20(16-17)31-24(14-15-24)23(28)26-32(29,30)22-11-7-10-21(25-22)27(2)3/h7,10-13,16,18H,4-6,8-9,14-15H2,1-3H3,(H,26,28). The number of amides is 1. The van der Waals surface area contributed by atoms with Crippen molar-refractivity contribution in [2.75, 3.05) is 19.0 Å². The van der Waals surface area contributed by atoms with Gasteiger partial charge >= 0.3 is 0 Å². The molecule has 172 valence electrons. The zero-order chi connectivity index (χ0) is 22.9. The summed E-state index contributed by atoms with van der Waals surface area (Å²) in [7, 11) is -0.559. The number of aryl methyl sites for hydroxylation is 1. The summed E-state index contributed by atoms with van der Waals surface area (Å²) in [5.41, 5.74) is 1.02. The van der Waals surface area contributed by atoms with Gasteiger partial charge < -0.3 is 9.64 Å². The van der Waals surface area contributed by atoms with E-state index in [-0.39, 0.29) is 5.03 Å². The average molecular weight is 458 g/mol. The molecule has 0 radical (unpaired) electrons. The lowest BCUT2D eigenvalue weighted by molar-refractivity contribution is -0.128. The number of hydrogen-bond donors (Lipinski definition) is 1. The summed E-state index contributed by atoms with van der Waals surface area (Å²) >= 11 is 0. The number of nitrogens with one attached hydrogen (secondary N) is 1. The van der Waals surface area contributed by atoms with Crippen LogP contribution in [-0.4, -0.2) is 39.0 Å². The van der Waals surface area contributed by atoms with Crippen molar-refractivity contribution in [3.05, 3.63) is 47.5 Å². The van der Waals surface area contributed by atoms with Crippen LogP contribution in [0, 0.1) is 6.92 Å². The summed E-state index contributed by atoms with van der Waals surface area (Å²) in [5.74, 6) is 0.981. The molecule has 2 fully saturated rings. The molecule has 1 N–H and O–H groups in total. The molecule has 8 heteroatoms. The number of carbonyl (C=O) groups is 1. The van der Waals surface area contributed by atoms with Crippen molar-refractivity contribution in [1.82, 2.24) is 9.71 Å². The minimum atomic E-state index is -4.11. The highest BCUT2D eigenvalue weighted by Crippen LogP contribution is 2.45. The smallest absolute Gasteiger partial charge is 0.281 e. The predicted octanol–water partition coefficient (Wildman–Crippen LogP) is 3.92. The first-order valence-corrected chi connectivity index (χ1v) is 12.7. The molecule has 2 aliphatic carbocycles. The van der Waals surface area contributed by atoms with Gasteiger partial charge in [-0.25, -0.2) is 9.71 Å². The van der Waals surface area contributed by atoms with Crippen molar-refractivity contribution in [2.24, 2.45) is 0 Å². The fourth-order valence-electron chi connectivity index (χ4n) is 4.25. The summed E-state index contributed by atoms with van der Waals surface area (Å²) in [6.07, 6.45) is 6.84. The zero-order valence-corrected chi connectivity index (χ0v) is 19.7. The summed E-state index contributed by atoms with van der Waals surface area (Å²) in [6.45, 7) is 1.99. The first-order chi connectivity index (χ1) is 15.2. The van der Waals surface area contributed by atoms with Crippen molar-refractivity contribution in [3.8, 4) is 5.75 Å². The van der Waals surface area contributed by atoms with Gasteiger partial charge in [0, 0.05) is 26.9 Å². The second-order valence-electron chi connectivity index (χ2n) is 9.14. The molecular weight excluding hydrogens is 426 g/mol. The Labute approximate surface area is 190 Å². The van der Waals surface area contributed by atoms with Crippen LogP contribution in [0.25, 0.3) is 0 Å². The maximum absolute atomic E-state index is 13.1. The number of benzene rings is 1. The Balaban J connectivity index is 1.54. The van der Waals surface area contributed by atoms with Crippen LogP contribution in [0.4, 0.5) is 5.82 Å².